The van der Waals surface area contributed by atoms with Crippen LogP contribution in [0.1, 0.15) is 24.0 Å². The molecule has 0 aliphatic carbocycles. The largest absolute Gasteiger partial charge is 0.480 e. The molecule has 0 aliphatic rings. The summed E-state index contributed by atoms with van der Waals surface area (Å²) in [6.07, 6.45) is 0.878. The van der Waals surface area contributed by atoms with E-state index in [0.717, 1.165) is 11.1 Å². The fourth-order valence-electron chi connectivity index (χ4n) is 3.60. The van der Waals surface area contributed by atoms with Crippen molar-refractivity contribution < 1.29 is 24.3 Å². The second-order valence-corrected chi connectivity index (χ2v) is 8.67. The normalized spacial score (nSPS) is 12.9. The number of aliphatic imine (C=N–C) groups is 1. The molecule has 2 aromatic carbocycles. The molecule has 0 fully saturated rings. The van der Waals surface area contributed by atoms with Gasteiger partial charge >= 0.3 is 5.97 Å². The lowest BCUT2D eigenvalue weighted by Crippen LogP contribution is -2.54. The van der Waals surface area contributed by atoms with Crippen LogP contribution in [0.4, 0.5) is 0 Å². The number of carboxylic acids is 1. The number of carbonyl (C=O) groups excluding carboxylic acids is 3. The van der Waals surface area contributed by atoms with Gasteiger partial charge in [-0.1, -0.05) is 60.7 Å². The molecular weight excluding hydrogens is 490 g/mol. The summed E-state index contributed by atoms with van der Waals surface area (Å²) >= 11 is 0. The molecule has 204 valence electrons. The van der Waals surface area contributed by atoms with Gasteiger partial charge in [-0.3, -0.25) is 19.4 Å². The zero-order valence-corrected chi connectivity index (χ0v) is 21.0. The third-order valence-electron chi connectivity index (χ3n) is 5.55. The number of amides is 3. The molecule has 0 radical (unpaired) electrons. The summed E-state index contributed by atoms with van der Waals surface area (Å²) in [7, 11) is 0. The Morgan fingerprint density at radius 3 is 1.95 bits per heavy atom. The predicted octanol–water partition coefficient (Wildman–Crippen LogP) is -0.977. The maximum Gasteiger partial charge on any atom is 0.326 e. The van der Waals surface area contributed by atoms with Crippen molar-refractivity contribution in [3.63, 3.8) is 0 Å². The van der Waals surface area contributed by atoms with Crippen LogP contribution in [0, 0.1) is 0 Å². The van der Waals surface area contributed by atoms with Crippen molar-refractivity contribution in [2.75, 3.05) is 13.1 Å². The average Bonchev–Trinajstić information content (AvgIpc) is 2.89. The van der Waals surface area contributed by atoms with Crippen LogP contribution in [-0.2, 0) is 32.0 Å². The number of aliphatic carboxylic acids is 1. The maximum absolute atomic E-state index is 13.0. The monoisotopic (exact) mass is 525 g/mol. The minimum Gasteiger partial charge on any atom is -0.480 e. The average molecular weight is 526 g/mol. The Hall–Kier alpha value is -4.45. The quantitative estimate of drug-likeness (QED) is 0.0869. The Morgan fingerprint density at radius 2 is 1.39 bits per heavy atom. The lowest BCUT2D eigenvalue weighted by Gasteiger charge is -2.21. The van der Waals surface area contributed by atoms with Gasteiger partial charge in [-0.2, -0.15) is 0 Å². The number of nitrogens with zero attached hydrogens (tertiary/aromatic N) is 1. The molecule has 12 heteroatoms. The zero-order chi connectivity index (χ0) is 27.9. The number of benzene rings is 2. The maximum atomic E-state index is 13.0. The molecule has 2 rings (SSSR count). The standard InChI is InChI=1S/C26H35N7O5/c27-19(14-17-8-3-1-4-9-17)23(35)33-21(15-18-10-5-2-6-11-18)24(36)31-16-22(34)32-20(25(37)38)12-7-13-30-26(28)29/h1-6,8-11,19-21H,7,12-16,27H2,(H,31,36)(H,32,34)(H,33,35)(H,37,38)(H4,28,29,30)/t19-,20-,21-/m0/s1. The number of nitrogens with two attached hydrogens (primary N) is 3. The summed E-state index contributed by atoms with van der Waals surface area (Å²) < 4.78 is 0. The van der Waals surface area contributed by atoms with Gasteiger partial charge in [0.05, 0.1) is 12.6 Å². The van der Waals surface area contributed by atoms with E-state index >= 15 is 0 Å². The molecule has 38 heavy (non-hydrogen) atoms. The number of guanidine groups is 1. The summed E-state index contributed by atoms with van der Waals surface area (Å²) in [5.41, 5.74) is 18.2. The van der Waals surface area contributed by atoms with E-state index in [1.54, 1.807) is 12.1 Å². The van der Waals surface area contributed by atoms with Crippen molar-refractivity contribution >= 4 is 29.7 Å². The fraction of sp³-hybridized carbons (Fsp3) is 0.346. The van der Waals surface area contributed by atoms with Gasteiger partial charge in [0.25, 0.3) is 0 Å². The lowest BCUT2D eigenvalue weighted by molar-refractivity contribution is -0.142. The first-order valence-corrected chi connectivity index (χ1v) is 12.1. The van der Waals surface area contributed by atoms with Crippen LogP contribution in [0.3, 0.4) is 0 Å². The molecule has 0 spiro atoms. The van der Waals surface area contributed by atoms with Crippen molar-refractivity contribution in [3.8, 4) is 0 Å². The molecule has 3 atom stereocenters. The van der Waals surface area contributed by atoms with Crippen LogP contribution >= 0.6 is 0 Å². The van der Waals surface area contributed by atoms with Gasteiger partial charge in [-0.15, -0.1) is 0 Å². The Balaban J connectivity index is 1.97. The zero-order valence-electron chi connectivity index (χ0n) is 21.0. The smallest absolute Gasteiger partial charge is 0.326 e. The van der Waals surface area contributed by atoms with E-state index in [4.69, 9.17) is 17.2 Å². The van der Waals surface area contributed by atoms with Crippen LogP contribution in [-0.4, -0.2) is 66.0 Å². The number of rotatable bonds is 15. The van der Waals surface area contributed by atoms with Crippen molar-refractivity contribution in [1.82, 2.24) is 16.0 Å². The lowest BCUT2D eigenvalue weighted by atomic mass is 10.0. The van der Waals surface area contributed by atoms with E-state index in [2.05, 4.69) is 20.9 Å². The number of hydrogen-bond acceptors (Lipinski definition) is 6. The van der Waals surface area contributed by atoms with Crippen LogP contribution in [0.25, 0.3) is 0 Å². The summed E-state index contributed by atoms with van der Waals surface area (Å²) in [4.78, 5) is 53.4. The second kappa shape index (κ2) is 15.6. The summed E-state index contributed by atoms with van der Waals surface area (Å²) in [6.45, 7) is -0.264. The predicted molar refractivity (Wildman–Crippen MR) is 143 cm³/mol. The van der Waals surface area contributed by atoms with Crippen molar-refractivity contribution in [2.45, 2.75) is 43.8 Å². The molecule has 0 aliphatic heterocycles. The van der Waals surface area contributed by atoms with E-state index in [-0.39, 0.29) is 31.8 Å². The van der Waals surface area contributed by atoms with Gasteiger partial charge in [0.1, 0.15) is 12.1 Å². The molecule has 0 heterocycles. The van der Waals surface area contributed by atoms with Crippen LogP contribution < -0.4 is 33.2 Å². The summed E-state index contributed by atoms with van der Waals surface area (Å²) in [5, 5.41) is 16.9. The molecule has 0 bridgehead atoms. The molecule has 12 nitrogen and oxygen atoms in total. The van der Waals surface area contributed by atoms with Crippen molar-refractivity contribution in [3.05, 3.63) is 71.8 Å². The molecule has 0 unspecified atom stereocenters. The summed E-state index contributed by atoms with van der Waals surface area (Å²) in [5.74, 6) is -3.15. The fourth-order valence-corrected chi connectivity index (χ4v) is 3.60. The number of nitrogens with one attached hydrogen (secondary N) is 3. The number of hydrogen-bond donors (Lipinski definition) is 7. The molecule has 3 amide bonds. The Bertz CT molecular complexity index is 1090. The Labute approximate surface area is 221 Å². The number of carbonyl (C=O) groups is 4. The first kappa shape index (κ1) is 29.8. The molecule has 2 aromatic rings. The molecule has 0 saturated heterocycles. The van der Waals surface area contributed by atoms with E-state index in [9.17, 15) is 24.3 Å². The number of carboxylic acid groups (broad SMARTS) is 1. The van der Waals surface area contributed by atoms with Crippen LogP contribution in [0.2, 0.25) is 0 Å². The highest BCUT2D eigenvalue weighted by molar-refractivity contribution is 5.92. The van der Waals surface area contributed by atoms with Crippen LogP contribution in [0.15, 0.2) is 65.7 Å². The molecule has 0 aromatic heterocycles. The van der Waals surface area contributed by atoms with Gasteiger partial charge in [0, 0.05) is 13.0 Å². The first-order valence-electron chi connectivity index (χ1n) is 12.1. The van der Waals surface area contributed by atoms with Gasteiger partial charge in [0.2, 0.25) is 17.7 Å². The van der Waals surface area contributed by atoms with E-state index in [1.165, 1.54) is 0 Å². The summed E-state index contributed by atoms with van der Waals surface area (Å²) in [6, 6.07) is 15.2. The highest BCUT2D eigenvalue weighted by atomic mass is 16.4. The van der Waals surface area contributed by atoms with Gasteiger partial charge in [-0.05, 0) is 30.4 Å². The van der Waals surface area contributed by atoms with E-state index < -0.39 is 48.4 Å². The topological polar surface area (TPSA) is 215 Å². The van der Waals surface area contributed by atoms with Crippen LogP contribution in [0.5, 0.6) is 0 Å². The van der Waals surface area contributed by atoms with Crippen molar-refractivity contribution in [1.29, 1.82) is 0 Å². The van der Waals surface area contributed by atoms with Gasteiger partial charge < -0.3 is 38.3 Å². The van der Waals surface area contributed by atoms with Gasteiger partial charge in [0.15, 0.2) is 5.96 Å². The van der Waals surface area contributed by atoms with Crippen molar-refractivity contribution in [2.24, 2.45) is 22.2 Å². The highest BCUT2D eigenvalue weighted by Crippen LogP contribution is 2.06. The minimum absolute atomic E-state index is 0.0950. The Kier molecular flexibility index (Phi) is 12.2. The van der Waals surface area contributed by atoms with Gasteiger partial charge in [-0.25, -0.2) is 4.79 Å². The molecule has 10 N–H and O–H groups in total. The highest BCUT2D eigenvalue weighted by Gasteiger charge is 2.25. The molecule has 0 saturated carbocycles. The third-order valence-corrected chi connectivity index (χ3v) is 5.55. The first-order chi connectivity index (χ1) is 18.2. The SMILES string of the molecule is NC(N)=NCCC[C@H](NC(=O)CNC(=O)[C@H](Cc1ccccc1)NC(=O)[C@@H](N)Cc1ccccc1)C(=O)O. The third kappa shape index (κ3) is 11.1. The second-order valence-electron chi connectivity index (χ2n) is 8.67. The van der Waals surface area contributed by atoms with E-state index in [0.29, 0.717) is 6.42 Å². The molecular formula is C26H35N7O5. The van der Waals surface area contributed by atoms with E-state index in [1.807, 2.05) is 48.5 Å². The minimum atomic E-state index is -1.23. The Morgan fingerprint density at radius 1 is 0.816 bits per heavy atom.